The van der Waals surface area contributed by atoms with Gasteiger partial charge in [0.1, 0.15) is 4.70 Å². The van der Waals surface area contributed by atoms with E-state index in [1.54, 1.807) is 22.8 Å². The molecule has 0 atom stereocenters. The molecule has 3 aromatic rings. The fraction of sp³-hybridized carbons (Fsp3) is 0.350. The van der Waals surface area contributed by atoms with Gasteiger partial charge in [-0.15, -0.1) is 11.3 Å². The molecule has 2 heterocycles. The minimum atomic E-state index is -0.191. The number of thiophene rings is 1. The molecule has 2 aromatic heterocycles. The fourth-order valence-corrected chi connectivity index (χ4v) is 4.41. The van der Waals surface area contributed by atoms with Crippen LogP contribution in [-0.2, 0) is 11.3 Å². The van der Waals surface area contributed by atoms with E-state index in [0.29, 0.717) is 52.3 Å². The van der Waals surface area contributed by atoms with Crippen molar-refractivity contribution in [2.45, 2.75) is 32.5 Å². The minimum absolute atomic E-state index is 0.0664. The molecule has 3 rings (SSSR count). The Hall–Kier alpha value is -2.52. The van der Waals surface area contributed by atoms with Gasteiger partial charge in [-0.2, -0.15) is 0 Å². The van der Waals surface area contributed by atoms with Crippen LogP contribution in [0.5, 0.6) is 11.5 Å². The van der Waals surface area contributed by atoms with E-state index < -0.39 is 0 Å². The van der Waals surface area contributed by atoms with Crippen LogP contribution in [0, 0.1) is 0 Å². The largest absolute Gasteiger partial charge is 0.490 e. The zero-order valence-electron chi connectivity index (χ0n) is 16.6. The average molecular weight is 434 g/mol. The molecular weight excluding hydrogens is 410 g/mol. The van der Waals surface area contributed by atoms with Crippen molar-refractivity contribution < 1.29 is 14.3 Å². The number of thioether (sulfide) groups is 1. The van der Waals surface area contributed by atoms with Gasteiger partial charge in [-0.3, -0.25) is 14.2 Å². The Balaban J connectivity index is 1.71. The second-order valence-electron chi connectivity index (χ2n) is 5.94. The highest BCUT2D eigenvalue weighted by Gasteiger charge is 2.14. The number of anilines is 1. The molecule has 0 fully saturated rings. The second-order valence-corrected chi connectivity index (χ2v) is 7.80. The minimum Gasteiger partial charge on any atom is -0.490 e. The molecule has 0 radical (unpaired) electrons. The van der Waals surface area contributed by atoms with Crippen LogP contribution < -0.4 is 20.3 Å². The first-order valence-corrected chi connectivity index (χ1v) is 11.2. The van der Waals surface area contributed by atoms with Crippen LogP contribution in [0.4, 0.5) is 5.69 Å². The maximum atomic E-state index is 12.6. The van der Waals surface area contributed by atoms with Crippen molar-refractivity contribution in [3.05, 3.63) is 40.0 Å². The third kappa shape index (κ3) is 4.91. The molecule has 0 aliphatic carbocycles. The summed E-state index contributed by atoms with van der Waals surface area (Å²) in [5, 5.41) is 5.25. The van der Waals surface area contributed by atoms with Crippen LogP contribution in [0.25, 0.3) is 10.2 Å². The number of benzene rings is 1. The number of nitrogens with zero attached hydrogens (tertiary/aromatic N) is 2. The fourth-order valence-electron chi connectivity index (χ4n) is 2.77. The summed E-state index contributed by atoms with van der Waals surface area (Å²) in [6.07, 6.45) is 0. The van der Waals surface area contributed by atoms with Gasteiger partial charge in [0.2, 0.25) is 5.91 Å². The summed E-state index contributed by atoms with van der Waals surface area (Å²) in [7, 11) is 0. The normalized spacial score (nSPS) is 10.9. The average Bonchev–Trinajstić information content (AvgIpc) is 3.18. The van der Waals surface area contributed by atoms with Crippen molar-refractivity contribution >= 4 is 44.9 Å². The van der Waals surface area contributed by atoms with Gasteiger partial charge in [0.15, 0.2) is 16.7 Å². The van der Waals surface area contributed by atoms with E-state index in [1.807, 2.05) is 32.2 Å². The Morgan fingerprint density at radius 2 is 1.93 bits per heavy atom. The van der Waals surface area contributed by atoms with Gasteiger partial charge in [0.05, 0.1) is 24.5 Å². The highest BCUT2D eigenvalue weighted by atomic mass is 32.2. The number of aromatic nitrogens is 2. The summed E-state index contributed by atoms with van der Waals surface area (Å²) >= 11 is 2.63. The van der Waals surface area contributed by atoms with E-state index in [-0.39, 0.29) is 17.2 Å². The lowest BCUT2D eigenvalue weighted by molar-refractivity contribution is -0.113. The van der Waals surface area contributed by atoms with E-state index in [0.717, 1.165) is 0 Å². The molecule has 154 valence electrons. The first-order valence-electron chi connectivity index (χ1n) is 9.37. The molecule has 0 unspecified atom stereocenters. The van der Waals surface area contributed by atoms with Gasteiger partial charge in [0.25, 0.3) is 5.56 Å². The van der Waals surface area contributed by atoms with Crippen LogP contribution >= 0.6 is 23.1 Å². The van der Waals surface area contributed by atoms with Crippen molar-refractivity contribution in [1.82, 2.24) is 9.55 Å². The maximum Gasteiger partial charge on any atom is 0.272 e. The number of hydrogen-bond acceptors (Lipinski definition) is 7. The number of rotatable bonds is 9. The molecule has 0 saturated carbocycles. The highest BCUT2D eigenvalue weighted by Crippen LogP contribution is 2.31. The molecule has 0 spiro atoms. The monoisotopic (exact) mass is 433 g/mol. The summed E-state index contributed by atoms with van der Waals surface area (Å²) in [5.74, 6) is 1.18. The Morgan fingerprint density at radius 1 is 1.17 bits per heavy atom. The molecule has 1 aromatic carbocycles. The maximum absolute atomic E-state index is 12.6. The van der Waals surface area contributed by atoms with E-state index in [9.17, 15) is 9.59 Å². The SMILES string of the molecule is CCOc1ccc(NC(=O)CSc2nc3ccsc3c(=O)n2CC)cc1OCC. The molecule has 0 saturated heterocycles. The predicted molar refractivity (Wildman–Crippen MR) is 118 cm³/mol. The number of ether oxygens (including phenoxy) is 2. The molecule has 1 amide bonds. The summed E-state index contributed by atoms with van der Waals surface area (Å²) in [5.41, 5.74) is 1.22. The molecule has 0 aliphatic rings. The first kappa shape index (κ1) is 21.2. The van der Waals surface area contributed by atoms with Gasteiger partial charge < -0.3 is 14.8 Å². The Labute approximate surface area is 177 Å². The van der Waals surface area contributed by atoms with Gasteiger partial charge in [-0.1, -0.05) is 11.8 Å². The lowest BCUT2D eigenvalue weighted by Gasteiger charge is -2.13. The van der Waals surface area contributed by atoms with Gasteiger partial charge in [0, 0.05) is 18.3 Å². The molecule has 1 N–H and O–H groups in total. The second kappa shape index (κ2) is 9.80. The molecule has 7 nitrogen and oxygen atoms in total. The summed E-state index contributed by atoms with van der Waals surface area (Å²) < 4.78 is 13.4. The Morgan fingerprint density at radius 3 is 2.66 bits per heavy atom. The van der Waals surface area contributed by atoms with Crippen LogP contribution in [-0.4, -0.2) is 34.4 Å². The summed E-state index contributed by atoms with van der Waals surface area (Å²) in [6, 6.07) is 7.11. The van der Waals surface area contributed by atoms with Crippen molar-refractivity contribution in [3.63, 3.8) is 0 Å². The van der Waals surface area contributed by atoms with Crippen molar-refractivity contribution in [2.24, 2.45) is 0 Å². The third-order valence-electron chi connectivity index (χ3n) is 4.01. The zero-order valence-corrected chi connectivity index (χ0v) is 18.2. The lowest BCUT2D eigenvalue weighted by atomic mass is 10.2. The zero-order chi connectivity index (χ0) is 20.8. The summed E-state index contributed by atoms with van der Waals surface area (Å²) in [6.45, 7) is 7.21. The standard InChI is InChI=1S/C20H23N3O4S2/c1-4-23-19(25)18-14(9-10-28-18)22-20(23)29-12-17(24)21-13-7-8-15(26-5-2)16(11-13)27-6-3/h7-11H,4-6,12H2,1-3H3,(H,21,24). The van der Waals surface area contributed by atoms with Crippen molar-refractivity contribution in [3.8, 4) is 11.5 Å². The van der Waals surface area contributed by atoms with Gasteiger partial charge >= 0.3 is 0 Å². The predicted octanol–water partition coefficient (Wildman–Crippen LogP) is 4.01. The van der Waals surface area contributed by atoms with Crippen LogP contribution in [0.2, 0.25) is 0 Å². The molecule has 0 bridgehead atoms. The number of carbonyl (C=O) groups is 1. The Bertz CT molecular complexity index is 1060. The van der Waals surface area contributed by atoms with E-state index in [4.69, 9.17) is 9.47 Å². The van der Waals surface area contributed by atoms with Crippen LogP contribution in [0.3, 0.4) is 0 Å². The van der Waals surface area contributed by atoms with E-state index in [2.05, 4.69) is 10.3 Å². The van der Waals surface area contributed by atoms with Crippen LogP contribution in [0.1, 0.15) is 20.8 Å². The van der Waals surface area contributed by atoms with Crippen molar-refractivity contribution in [2.75, 3.05) is 24.3 Å². The number of amides is 1. The third-order valence-corrected chi connectivity index (χ3v) is 5.87. The first-order chi connectivity index (χ1) is 14.1. The number of hydrogen-bond donors (Lipinski definition) is 1. The number of fused-ring (bicyclic) bond motifs is 1. The molecule has 9 heteroatoms. The van der Waals surface area contributed by atoms with E-state index in [1.165, 1.54) is 23.1 Å². The van der Waals surface area contributed by atoms with Gasteiger partial charge in [-0.25, -0.2) is 4.98 Å². The van der Waals surface area contributed by atoms with E-state index >= 15 is 0 Å². The van der Waals surface area contributed by atoms with Crippen LogP contribution in [0.15, 0.2) is 39.6 Å². The Kier molecular flexibility index (Phi) is 7.16. The topological polar surface area (TPSA) is 82.5 Å². The van der Waals surface area contributed by atoms with Gasteiger partial charge in [-0.05, 0) is 44.4 Å². The smallest absolute Gasteiger partial charge is 0.272 e. The molecule has 29 heavy (non-hydrogen) atoms. The van der Waals surface area contributed by atoms with Crippen molar-refractivity contribution in [1.29, 1.82) is 0 Å². The highest BCUT2D eigenvalue weighted by molar-refractivity contribution is 7.99. The quantitative estimate of drug-likeness (QED) is 0.406. The molecule has 0 aliphatic heterocycles. The number of nitrogens with one attached hydrogen (secondary N) is 1. The lowest BCUT2D eigenvalue weighted by Crippen LogP contribution is -2.22. The molecular formula is C20H23N3O4S2. The summed E-state index contributed by atoms with van der Waals surface area (Å²) in [4.78, 5) is 29.5. The number of carbonyl (C=O) groups excluding carboxylic acids is 1.